The molecular formula is C28H40N4O. The number of hydrogen-bond donors (Lipinski definition) is 1. The van der Waals surface area contributed by atoms with E-state index in [9.17, 15) is 4.79 Å². The number of aromatic nitrogens is 1. The summed E-state index contributed by atoms with van der Waals surface area (Å²) in [5, 5.41) is 3.49. The fourth-order valence-corrected chi connectivity index (χ4v) is 4.56. The Morgan fingerprint density at radius 3 is 2.76 bits per heavy atom. The largest absolute Gasteiger partial charge is 0.376 e. The van der Waals surface area contributed by atoms with E-state index in [1.54, 1.807) is 0 Å². The Hall–Kier alpha value is -2.40. The molecule has 0 unspecified atom stereocenters. The first-order valence-corrected chi connectivity index (χ1v) is 12.5. The van der Waals surface area contributed by atoms with Crippen molar-refractivity contribution in [3.8, 4) is 0 Å². The van der Waals surface area contributed by atoms with Gasteiger partial charge in [-0.25, -0.2) is 0 Å². The number of aryl methyl sites for hydroxylation is 1. The molecule has 1 aliphatic carbocycles. The smallest absolute Gasteiger partial charge is 0.242 e. The summed E-state index contributed by atoms with van der Waals surface area (Å²) in [6, 6.07) is 10.5. The quantitative estimate of drug-likeness (QED) is 0.584. The van der Waals surface area contributed by atoms with E-state index in [0.29, 0.717) is 13.1 Å². The van der Waals surface area contributed by atoms with E-state index in [-0.39, 0.29) is 11.3 Å². The van der Waals surface area contributed by atoms with Gasteiger partial charge in [0.25, 0.3) is 0 Å². The van der Waals surface area contributed by atoms with E-state index >= 15 is 0 Å². The van der Waals surface area contributed by atoms with Crippen LogP contribution >= 0.6 is 0 Å². The van der Waals surface area contributed by atoms with E-state index in [1.807, 2.05) is 17.2 Å². The summed E-state index contributed by atoms with van der Waals surface area (Å²) in [6.07, 6.45) is 6.63. The second-order valence-electron chi connectivity index (χ2n) is 11.1. The molecule has 1 saturated carbocycles. The number of anilines is 1. The number of carbonyl (C=O) groups excluding carboxylic acids is 1. The van der Waals surface area contributed by atoms with Crippen LogP contribution in [-0.2, 0) is 24.3 Å². The van der Waals surface area contributed by atoms with Crippen LogP contribution in [0.15, 0.2) is 36.5 Å². The summed E-state index contributed by atoms with van der Waals surface area (Å²) in [7, 11) is 0. The molecule has 1 aromatic heterocycles. The zero-order valence-corrected chi connectivity index (χ0v) is 20.9. The Morgan fingerprint density at radius 2 is 2.03 bits per heavy atom. The van der Waals surface area contributed by atoms with E-state index in [4.69, 9.17) is 0 Å². The molecule has 0 spiro atoms. The Labute approximate surface area is 199 Å². The molecule has 178 valence electrons. The van der Waals surface area contributed by atoms with Crippen LogP contribution in [0.25, 0.3) is 0 Å². The molecular weight excluding hydrogens is 408 g/mol. The Kier molecular flexibility index (Phi) is 7.38. The van der Waals surface area contributed by atoms with Crippen LogP contribution in [0.5, 0.6) is 0 Å². The lowest BCUT2D eigenvalue weighted by Gasteiger charge is -2.31. The van der Waals surface area contributed by atoms with Crippen molar-refractivity contribution in [3.05, 3.63) is 58.9 Å². The molecule has 1 N–H and O–H groups in total. The van der Waals surface area contributed by atoms with Crippen molar-refractivity contribution in [2.24, 2.45) is 11.3 Å². The minimum absolute atomic E-state index is 0.132. The van der Waals surface area contributed by atoms with Crippen LogP contribution in [0.3, 0.4) is 0 Å². The van der Waals surface area contributed by atoms with Gasteiger partial charge in [-0.2, -0.15) is 0 Å². The third-order valence-electron chi connectivity index (χ3n) is 6.93. The van der Waals surface area contributed by atoms with Crippen molar-refractivity contribution in [2.45, 2.75) is 66.5 Å². The first-order valence-electron chi connectivity index (χ1n) is 12.5. The standard InChI is InChI=1S/C28H40N4O/c1-21-7-6-14-29-26(21)20-32(16-13-28(2,3)4)27(33)17-30-25-9-5-8-23-19-31(15-12-24(23)25)18-22-10-11-22/h5-9,14,22,30H,10-13,15-20H2,1-4H3. The zero-order valence-electron chi connectivity index (χ0n) is 20.9. The molecule has 33 heavy (non-hydrogen) atoms. The number of carbonyl (C=O) groups is 1. The lowest BCUT2D eigenvalue weighted by atomic mass is 9.92. The highest BCUT2D eigenvalue weighted by molar-refractivity contribution is 5.81. The number of nitrogens with zero attached hydrogens (tertiary/aromatic N) is 3. The first kappa shape index (κ1) is 23.7. The van der Waals surface area contributed by atoms with Gasteiger partial charge in [-0.1, -0.05) is 39.0 Å². The molecule has 5 nitrogen and oxygen atoms in total. The number of amides is 1. The number of hydrogen-bond acceptors (Lipinski definition) is 4. The lowest BCUT2D eigenvalue weighted by molar-refractivity contribution is -0.130. The fourth-order valence-electron chi connectivity index (χ4n) is 4.56. The van der Waals surface area contributed by atoms with Crippen LogP contribution < -0.4 is 5.32 Å². The molecule has 1 amide bonds. The van der Waals surface area contributed by atoms with Gasteiger partial charge < -0.3 is 10.2 Å². The van der Waals surface area contributed by atoms with Gasteiger partial charge in [-0.15, -0.1) is 0 Å². The molecule has 0 atom stereocenters. The van der Waals surface area contributed by atoms with E-state index < -0.39 is 0 Å². The monoisotopic (exact) mass is 448 g/mol. The van der Waals surface area contributed by atoms with Gasteiger partial charge in [0.2, 0.25) is 5.91 Å². The van der Waals surface area contributed by atoms with Gasteiger partial charge in [-0.3, -0.25) is 14.7 Å². The maximum absolute atomic E-state index is 13.3. The molecule has 1 fully saturated rings. The maximum atomic E-state index is 13.3. The molecule has 2 aromatic rings. The third-order valence-corrected chi connectivity index (χ3v) is 6.93. The first-order chi connectivity index (χ1) is 15.8. The van der Waals surface area contributed by atoms with E-state index in [0.717, 1.165) is 55.3 Å². The molecule has 1 aliphatic heterocycles. The van der Waals surface area contributed by atoms with Gasteiger partial charge in [-0.05, 0) is 72.8 Å². The average Bonchev–Trinajstić information content (AvgIpc) is 3.59. The Balaban J connectivity index is 1.41. The Morgan fingerprint density at radius 1 is 1.21 bits per heavy atom. The van der Waals surface area contributed by atoms with Gasteiger partial charge in [0.15, 0.2) is 0 Å². The second kappa shape index (κ2) is 10.3. The number of nitrogens with one attached hydrogen (secondary N) is 1. The molecule has 0 saturated heterocycles. The topological polar surface area (TPSA) is 48.5 Å². The molecule has 0 radical (unpaired) electrons. The van der Waals surface area contributed by atoms with Crippen LogP contribution in [0.1, 0.15) is 62.4 Å². The molecule has 1 aromatic carbocycles. The molecule has 0 bridgehead atoms. The molecule has 2 heterocycles. The molecule has 4 rings (SSSR count). The Bertz CT molecular complexity index is 961. The van der Waals surface area contributed by atoms with Crippen LogP contribution in [0.2, 0.25) is 0 Å². The fraction of sp³-hybridized carbons (Fsp3) is 0.571. The van der Waals surface area contributed by atoms with Crippen molar-refractivity contribution >= 4 is 11.6 Å². The highest BCUT2D eigenvalue weighted by atomic mass is 16.2. The van der Waals surface area contributed by atoms with Crippen LogP contribution in [0.4, 0.5) is 5.69 Å². The van der Waals surface area contributed by atoms with Crippen molar-refractivity contribution < 1.29 is 4.79 Å². The highest BCUT2D eigenvalue weighted by Crippen LogP contribution is 2.33. The average molecular weight is 449 g/mol. The minimum Gasteiger partial charge on any atom is -0.376 e. The summed E-state index contributed by atoms with van der Waals surface area (Å²) >= 11 is 0. The minimum atomic E-state index is 0.132. The molecule has 2 aliphatic rings. The summed E-state index contributed by atoms with van der Waals surface area (Å²) in [5.74, 6) is 1.06. The zero-order chi connectivity index (χ0) is 23.4. The van der Waals surface area contributed by atoms with E-state index in [2.05, 4.69) is 67.2 Å². The van der Waals surface area contributed by atoms with Crippen LogP contribution in [-0.4, -0.2) is 46.9 Å². The van der Waals surface area contributed by atoms with Crippen LogP contribution in [0, 0.1) is 18.3 Å². The van der Waals surface area contributed by atoms with Crippen molar-refractivity contribution in [2.75, 3.05) is 31.5 Å². The summed E-state index contributed by atoms with van der Waals surface area (Å²) in [4.78, 5) is 22.4. The number of rotatable bonds is 9. The third kappa shape index (κ3) is 6.80. The number of fused-ring (bicyclic) bond motifs is 1. The van der Waals surface area contributed by atoms with E-state index in [1.165, 1.54) is 30.5 Å². The van der Waals surface area contributed by atoms with Gasteiger partial charge in [0.1, 0.15) is 0 Å². The SMILES string of the molecule is Cc1cccnc1CN(CCC(C)(C)C)C(=O)CNc1cccc2c1CCN(CC1CC1)C2. The van der Waals surface area contributed by atoms with Crippen molar-refractivity contribution in [1.29, 1.82) is 0 Å². The predicted molar refractivity (Wildman–Crippen MR) is 135 cm³/mol. The molecule has 5 heteroatoms. The summed E-state index contributed by atoms with van der Waals surface area (Å²) in [5.41, 5.74) is 6.21. The normalized spacial score (nSPS) is 16.4. The summed E-state index contributed by atoms with van der Waals surface area (Å²) < 4.78 is 0. The number of pyridine rings is 1. The number of benzene rings is 1. The second-order valence-corrected chi connectivity index (χ2v) is 11.1. The maximum Gasteiger partial charge on any atom is 0.242 e. The van der Waals surface area contributed by atoms with Gasteiger partial charge in [0, 0.05) is 38.1 Å². The highest BCUT2D eigenvalue weighted by Gasteiger charge is 2.27. The van der Waals surface area contributed by atoms with Crippen molar-refractivity contribution in [1.82, 2.24) is 14.8 Å². The van der Waals surface area contributed by atoms with Crippen molar-refractivity contribution in [3.63, 3.8) is 0 Å². The summed E-state index contributed by atoms with van der Waals surface area (Å²) in [6.45, 7) is 13.8. The van der Waals surface area contributed by atoms with Gasteiger partial charge >= 0.3 is 0 Å². The lowest BCUT2D eigenvalue weighted by Crippen LogP contribution is -2.38. The van der Waals surface area contributed by atoms with Gasteiger partial charge in [0.05, 0.1) is 18.8 Å². The predicted octanol–water partition coefficient (Wildman–Crippen LogP) is 5.04.